The first kappa shape index (κ1) is 12.9. The highest BCUT2D eigenvalue weighted by Crippen LogP contribution is 2.32. The SMILES string of the molecule is CNC(c1csnn1)c1ccc(Br)c(Cl)c1F. The summed E-state index contributed by atoms with van der Waals surface area (Å²) in [6.45, 7) is 0. The van der Waals surface area contributed by atoms with Crippen LogP contribution in [0.25, 0.3) is 0 Å². The Kier molecular flexibility index (Phi) is 4.09. The van der Waals surface area contributed by atoms with Gasteiger partial charge in [-0.2, -0.15) is 0 Å². The van der Waals surface area contributed by atoms with Crippen LogP contribution in [0, 0.1) is 5.82 Å². The van der Waals surface area contributed by atoms with Crippen molar-refractivity contribution in [1.29, 1.82) is 0 Å². The Hall–Kier alpha value is -0.560. The molecule has 0 aliphatic heterocycles. The number of rotatable bonds is 3. The fraction of sp³-hybridized carbons (Fsp3) is 0.200. The quantitative estimate of drug-likeness (QED) is 0.873. The number of hydrogen-bond donors (Lipinski definition) is 1. The van der Waals surface area contributed by atoms with Crippen LogP contribution in [-0.2, 0) is 0 Å². The van der Waals surface area contributed by atoms with Gasteiger partial charge in [0.15, 0.2) is 0 Å². The van der Waals surface area contributed by atoms with Gasteiger partial charge in [0.2, 0.25) is 0 Å². The van der Waals surface area contributed by atoms with Crippen molar-refractivity contribution in [2.24, 2.45) is 0 Å². The average Bonchev–Trinajstić information content (AvgIpc) is 2.84. The summed E-state index contributed by atoms with van der Waals surface area (Å²) in [6.07, 6.45) is 0. The van der Waals surface area contributed by atoms with Crippen LogP contribution in [0.3, 0.4) is 0 Å². The molecule has 90 valence electrons. The molecule has 0 fully saturated rings. The van der Waals surface area contributed by atoms with Gasteiger partial charge in [0.25, 0.3) is 0 Å². The van der Waals surface area contributed by atoms with Crippen LogP contribution in [-0.4, -0.2) is 16.6 Å². The summed E-state index contributed by atoms with van der Waals surface area (Å²) < 4.78 is 18.4. The zero-order chi connectivity index (χ0) is 12.4. The van der Waals surface area contributed by atoms with Crippen LogP contribution in [0.15, 0.2) is 22.0 Å². The van der Waals surface area contributed by atoms with Gasteiger partial charge in [-0.3, -0.25) is 0 Å². The Balaban J connectivity index is 2.49. The zero-order valence-corrected chi connectivity index (χ0v) is 11.9. The predicted octanol–water partition coefficient (Wildman–Crippen LogP) is 3.40. The van der Waals surface area contributed by atoms with Crippen molar-refractivity contribution in [3.05, 3.63) is 44.1 Å². The van der Waals surface area contributed by atoms with Crippen LogP contribution in [0.4, 0.5) is 4.39 Å². The van der Waals surface area contributed by atoms with E-state index >= 15 is 0 Å². The van der Waals surface area contributed by atoms with E-state index in [0.29, 0.717) is 15.7 Å². The third-order valence-corrected chi connectivity index (χ3v) is 4.12. The minimum atomic E-state index is -0.451. The molecule has 1 unspecified atom stereocenters. The molecule has 1 aromatic carbocycles. The predicted molar refractivity (Wildman–Crippen MR) is 69.9 cm³/mol. The Bertz CT molecular complexity index is 521. The van der Waals surface area contributed by atoms with Gasteiger partial charge in [0.05, 0.1) is 16.8 Å². The van der Waals surface area contributed by atoms with Crippen LogP contribution in [0.1, 0.15) is 17.3 Å². The van der Waals surface area contributed by atoms with Crippen LogP contribution >= 0.6 is 39.1 Å². The van der Waals surface area contributed by atoms with E-state index in [1.54, 1.807) is 24.6 Å². The summed E-state index contributed by atoms with van der Waals surface area (Å²) in [5, 5.41) is 8.79. The van der Waals surface area contributed by atoms with E-state index in [4.69, 9.17) is 11.6 Å². The highest BCUT2D eigenvalue weighted by Gasteiger charge is 2.21. The van der Waals surface area contributed by atoms with Crippen molar-refractivity contribution in [1.82, 2.24) is 14.9 Å². The highest BCUT2D eigenvalue weighted by atomic mass is 79.9. The molecule has 1 heterocycles. The van der Waals surface area contributed by atoms with Crippen molar-refractivity contribution in [3.63, 3.8) is 0 Å². The molecular weight excluding hydrogens is 329 g/mol. The summed E-state index contributed by atoms with van der Waals surface area (Å²) in [4.78, 5) is 0. The largest absolute Gasteiger partial charge is 0.308 e. The van der Waals surface area contributed by atoms with E-state index in [1.165, 1.54) is 11.5 Å². The lowest BCUT2D eigenvalue weighted by Gasteiger charge is -2.15. The number of aromatic nitrogens is 2. The van der Waals surface area contributed by atoms with E-state index in [-0.39, 0.29) is 11.1 Å². The molecule has 1 N–H and O–H groups in total. The molecule has 0 aliphatic rings. The fourth-order valence-corrected chi connectivity index (χ4v) is 2.48. The molecule has 0 saturated heterocycles. The minimum Gasteiger partial charge on any atom is -0.308 e. The van der Waals surface area contributed by atoms with Crippen molar-refractivity contribution in [3.8, 4) is 0 Å². The first-order chi connectivity index (χ1) is 8.15. The maximum atomic E-state index is 14.0. The summed E-state index contributed by atoms with van der Waals surface area (Å²) in [6, 6.07) is 3.04. The standard InChI is InChI=1S/C10H8BrClFN3S/c1-14-10(7-4-17-16-15-7)5-2-3-6(11)8(12)9(5)13/h2-4,10,14H,1H3. The van der Waals surface area contributed by atoms with Gasteiger partial charge in [-0.1, -0.05) is 22.2 Å². The molecule has 0 amide bonds. The first-order valence-corrected chi connectivity index (χ1v) is 6.73. The lowest BCUT2D eigenvalue weighted by molar-refractivity contribution is 0.569. The molecule has 1 atom stereocenters. The van der Waals surface area contributed by atoms with Crippen molar-refractivity contribution in [2.75, 3.05) is 7.05 Å². The first-order valence-electron chi connectivity index (χ1n) is 4.72. The van der Waals surface area contributed by atoms with Gasteiger partial charge in [0.1, 0.15) is 5.82 Å². The lowest BCUT2D eigenvalue weighted by Crippen LogP contribution is -2.19. The van der Waals surface area contributed by atoms with E-state index in [0.717, 1.165) is 0 Å². The molecule has 7 heteroatoms. The van der Waals surface area contributed by atoms with Crippen molar-refractivity contribution < 1.29 is 4.39 Å². The number of nitrogens with one attached hydrogen (secondary N) is 1. The third-order valence-electron chi connectivity index (χ3n) is 2.34. The Morgan fingerprint density at radius 1 is 1.53 bits per heavy atom. The molecule has 1 aromatic heterocycles. The molecule has 0 bridgehead atoms. The number of benzene rings is 1. The van der Waals surface area contributed by atoms with Gasteiger partial charge < -0.3 is 5.32 Å². The molecule has 0 saturated carbocycles. The van der Waals surface area contributed by atoms with Crippen LogP contribution in [0.2, 0.25) is 5.02 Å². The third kappa shape index (κ3) is 2.49. The zero-order valence-electron chi connectivity index (χ0n) is 8.75. The molecule has 0 aliphatic carbocycles. The monoisotopic (exact) mass is 335 g/mol. The van der Waals surface area contributed by atoms with Crippen LogP contribution in [0.5, 0.6) is 0 Å². The number of nitrogens with zero attached hydrogens (tertiary/aromatic N) is 2. The van der Waals surface area contributed by atoms with Crippen molar-refractivity contribution >= 4 is 39.1 Å². The molecule has 2 rings (SSSR count). The summed E-state index contributed by atoms with van der Waals surface area (Å²) in [5.41, 5.74) is 1.13. The van der Waals surface area contributed by atoms with E-state index in [9.17, 15) is 4.39 Å². The van der Waals surface area contributed by atoms with Crippen molar-refractivity contribution in [2.45, 2.75) is 6.04 Å². The second-order valence-corrected chi connectivity index (χ2v) is 5.16. The summed E-state index contributed by atoms with van der Waals surface area (Å²) in [7, 11) is 1.74. The molecule has 2 aromatic rings. The number of hydrogen-bond acceptors (Lipinski definition) is 4. The normalized spacial score (nSPS) is 12.7. The van der Waals surface area contributed by atoms with Gasteiger partial charge >= 0.3 is 0 Å². The number of halogens is 3. The highest BCUT2D eigenvalue weighted by molar-refractivity contribution is 9.10. The van der Waals surface area contributed by atoms with E-state index < -0.39 is 5.82 Å². The molecule has 0 radical (unpaired) electrons. The van der Waals surface area contributed by atoms with Crippen LogP contribution < -0.4 is 5.32 Å². The summed E-state index contributed by atoms with van der Waals surface area (Å²) in [5.74, 6) is -0.451. The molecular formula is C10H8BrClFN3S. The van der Waals surface area contributed by atoms with Gasteiger partial charge in [-0.25, -0.2) is 4.39 Å². The molecule has 17 heavy (non-hydrogen) atoms. The smallest absolute Gasteiger partial charge is 0.148 e. The van der Waals surface area contributed by atoms with Gasteiger partial charge in [-0.15, -0.1) is 5.10 Å². The summed E-state index contributed by atoms with van der Waals surface area (Å²) >= 11 is 10.3. The maximum absolute atomic E-state index is 14.0. The van der Waals surface area contributed by atoms with E-state index in [2.05, 4.69) is 30.8 Å². The molecule has 3 nitrogen and oxygen atoms in total. The molecule has 0 spiro atoms. The minimum absolute atomic E-state index is 0.0749. The average molecular weight is 337 g/mol. The van der Waals surface area contributed by atoms with Gasteiger partial charge in [0, 0.05) is 15.4 Å². The Morgan fingerprint density at radius 3 is 2.88 bits per heavy atom. The van der Waals surface area contributed by atoms with Gasteiger partial charge in [-0.05, 0) is 40.6 Å². The van der Waals surface area contributed by atoms with E-state index in [1.807, 2.05) is 0 Å². The maximum Gasteiger partial charge on any atom is 0.148 e. The Morgan fingerprint density at radius 2 is 2.29 bits per heavy atom. The second-order valence-electron chi connectivity index (χ2n) is 3.32. The lowest BCUT2D eigenvalue weighted by atomic mass is 10.0. The Labute approximate surface area is 115 Å². The topological polar surface area (TPSA) is 37.8 Å². The second kappa shape index (κ2) is 5.39. The fourth-order valence-electron chi connectivity index (χ4n) is 1.52.